The molecule has 25 heavy (non-hydrogen) atoms. The molecule has 0 saturated heterocycles. The maximum absolute atomic E-state index is 8.83. The second-order valence-electron chi connectivity index (χ2n) is 5.47. The van der Waals surface area contributed by atoms with Gasteiger partial charge in [-0.1, -0.05) is 0 Å². The Kier molecular flexibility index (Phi) is 3.96. The Balaban J connectivity index is 1.62. The lowest BCUT2D eigenvalue weighted by molar-refractivity contribution is 0.482. The molecule has 0 fully saturated rings. The van der Waals surface area contributed by atoms with E-state index in [-0.39, 0.29) is 0 Å². The van der Waals surface area contributed by atoms with Crippen molar-refractivity contribution in [3.63, 3.8) is 0 Å². The van der Waals surface area contributed by atoms with Crippen LogP contribution in [0.5, 0.6) is 11.5 Å². The van der Waals surface area contributed by atoms with E-state index < -0.39 is 0 Å². The number of rotatable bonds is 3. The van der Waals surface area contributed by atoms with Gasteiger partial charge in [0, 0.05) is 27.9 Å². The Labute approximate surface area is 153 Å². The number of pyridine rings is 1. The van der Waals surface area contributed by atoms with E-state index >= 15 is 0 Å². The van der Waals surface area contributed by atoms with Gasteiger partial charge in [0.1, 0.15) is 11.5 Å². The van der Waals surface area contributed by atoms with Crippen molar-refractivity contribution in [2.45, 2.75) is 0 Å². The number of ether oxygens (including phenoxy) is 1. The highest BCUT2D eigenvalue weighted by atomic mass is 79.9. The normalized spacial score (nSPS) is 10.6. The molecule has 0 aliphatic rings. The third-order valence-electron chi connectivity index (χ3n) is 3.89. The van der Waals surface area contributed by atoms with Gasteiger partial charge < -0.3 is 9.30 Å². The summed E-state index contributed by atoms with van der Waals surface area (Å²) in [6.07, 6.45) is 5.66. The average Bonchev–Trinajstić information content (AvgIpc) is 3.00. The number of nitrogens with zero attached hydrogens (tertiary/aromatic N) is 3. The molecule has 5 heteroatoms. The van der Waals surface area contributed by atoms with Crippen LogP contribution < -0.4 is 4.74 Å². The number of halogens is 1. The van der Waals surface area contributed by atoms with E-state index in [1.54, 1.807) is 30.5 Å². The van der Waals surface area contributed by atoms with Crippen LogP contribution in [0, 0.1) is 11.3 Å². The lowest BCUT2D eigenvalue weighted by atomic mass is 10.2. The molecular weight excluding hydrogens is 378 g/mol. The summed E-state index contributed by atoms with van der Waals surface area (Å²) in [5, 5.41) is 9.95. The van der Waals surface area contributed by atoms with Crippen molar-refractivity contribution in [2.24, 2.45) is 0 Å². The molecule has 0 N–H and O–H groups in total. The van der Waals surface area contributed by atoms with Gasteiger partial charge in [-0.3, -0.25) is 4.98 Å². The van der Waals surface area contributed by atoms with Crippen LogP contribution in [0.15, 0.2) is 77.7 Å². The Morgan fingerprint density at radius 2 is 1.64 bits per heavy atom. The number of aromatic nitrogens is 2. The largest absolute Gasteiger partial charge is 0.457 e. The second kappa shape index (κ2) is 6.42. The molecule has 0 amide bonds. The van der Waals surface area contributed by atoms with E-state index in [2.05, 4.69) is 31.6 Å². The Morgan fingerprint density at radius 3 is 2.32 bits per heavy atom. The van der Waals surface area contributed by atoms with Gasteiger partial charge in [0.05, 0.1) is 23.3 Å². The van der Waals surface area contributed by atoms with Gasteiger partial charge in [-0.2, -0.15) is 5.26 Å². The highest BCUT2D eigenvalue weighted by molar-refractivity contribution is 9.10. The van der Waals surface area contributed by atoms with Crippen LogP contribution in [0.3, 0.4) is 0 Å². The van der Waals surface area contributed by atoms with Gasteiger partial charge in [-0.05, 0) is 70.5 Å². The van der Waals surface area contributed by atoms with Gasteiger partial charge in [-0.25, -0.2) is 0 Å². The van der Waals surface area contributed by atoms with Gasteiger partial charge in [0.2, 0.25) is 0 Å². The first-order valence-corrected chi connectivity index (χ1v) is 8.43. The number of fused-ring (bicyclic) bond motifs is 1. The summed E-state index contributed by atoms with van der Waals surface area (Å²) in [5.74, 6) is 1.44. The van der Waals surface area contributed by atoms with Crippen molar-refractivity contribution >= 4 is 26.8 Å². The zero-order valence-corrected chi connectivity index (χ0v) is 14.6. The van der Waals surface area contributed by atoms with Gasteiger partial charge in [-0.15, -0.1) is 0 Å². The van der Waals surface area contributed by atoms with Gasteiger partial charge in [0.15, 0.2) is 0 Å². The minimum absolute atomic E-state index is 0.612. The molecule has 2 heterocycles. The highest BCUT2D eigenvalue weighted by Gasteiger charge is 2.08. The topological polar surface area (TPSA) is 50.8 Å². The predicted molar refractivity (Wildman–Crippen MR) is 100 cm³/mol. The van der Waals surface area contributed by atoms with Crippen molar-refractivity contribution in [3.8, 4) is 23.3 Å². The fraction of sp³-hybridized carbons (Fsp3) is 0. The van der Waals surface area contributed by atoms with E-state index in [0.717, 1.165) is 26.8 Å². The molecule has 0 atom stereocenters. The Bertz CT molecular complexity index is 1080. The highest BCUT2D eigenvalue weighted by Crippen LogP contribution is 2.29. The van der Waals surface area contributed by atoms with E-state index in [4.69, 9.17) is 10.00 Å². The lowest BCUT2D eigenvalue weighted by Crippen LogP contribution is -1.92. The van der Waals surface area contributed by atoms with Gasteiger partial charge >= 0.3 is 0 Å². The monoisotopic (exact) mass is 389 g/mol. The first-order chi connectivity index (χ1) is 12.2. The molecule has 0 unspecified atom stereocenters. The first kappa shape index (κ1) is 15.4. The van der Waals surface area contributed by atoms with Gasteiger partial charge in [0.25, 0.3) is 0 Å². The Morgan fingerprint density at radius 1 is 0.960 bits per heavy atom. The molecule has 0 bridgehead atoms. The summed E-state index contributed by atoms with van der Waals surface area (Å²) in [5.41, 5.74) is 2.67. The maximum atomic E-state index is 8.83. The van der Waals surface area contributed by atoms with Crippen LogP contribution in [0.1, 0.15) is 5.56 Å². The molecule has 0 spiro atoms. The van der Waals surface area contributed by atoms with Crippen molar-refractivity contribution in [3.05, 3.63) is 83.2 Å². The van der Waals surface area contributed by atoms with Crippen molar-refractivity contribution in [1.82, 2.24) is 9.55 Å². The molecule has 2 aromatic heterocycles. The summed E-state index contributed by atoms with van der Waals surface area (Å²) in [6, 6.07) is 19.0. The summed E-state index contributed by atoms with van der Waals surface area (Å²) < 4.78 is 8.93. The maximum Gasteiger partial charge on any atom is 0.127 e. The minimum Gasteiger partial charge on any atom is -0.457 e. The molecule has 0 aliphatic heterocycles. The smallest absolute Gasteiger partial charge is 0.127 e. The van der Waals surface area contributed by atoms with Crippen molar-refractivity contribution in [1.29, 1.82) is 5.26 Å². The van der Waals surface area contributed by atoms with Crippen LogP contribution >= 0.6 is 15.9 Å². The third kappa shape index (κ3) is 3.00. The summed E-state index contributed by atoms with van der Waals surface area (Å²) in [7, 11) is 0. The molecule has 0 aliphatic carbocycles. The number of hydrogen-bond acceptors (Lipinski definition) is 3. The fourth-order valence-electron chi connectivity index (χ4n) is 2.65. The second-order valence-corrected chi connectivity index (χ2v) is 6.33. The summed E-state index contributed by atoms with van der Waals surface area (Å²) >= 11 is 3.59. The minimum atomic E-state index is 0.612. The summed E-state index contributed by atoms with van der Waals surface area (Å²) in [6.45, 7) is 0. The number of nitriles is 1. The molecule has 120 valence electrons. The zero-order valence-electron chi connectivity index (χ0n) is 13.1. The van der Waals surface area contributed by atoms with E-state index in [0.29, 0.717) is 11.3 Å². The molecule has 2 aromatic carbocycles. The molecular formula is C20H12BrN3O. The molecule has 4 rings (SSSR count). The average molecular weight is 390 g/mol. The van der Waals surface area contributed by atoms with Crippen LogP contribution in [0.4, 0.5) is 0 Å². The van der Waals surface area contributed by atoms with Crippen LogP contribution in [0.2, 0.25) is 0 Å². The Hall–Kier alpha value is -3.10. The van der Waals surface area contributed by atoms with Crippen LogP contribution in [-0.4, -0.2) is 9.55 Å². The molecule has 4 nitrogen and oxygen atoms in total. The van der Waals surface area contributed by atoms with Crippen LogP contribution in [0.25, 0.3) is 16.6 Å². The SMILES string of the molecule is N#Cc1ccc(Oc2ccc(-n3cc(Br)c4ccncc43)cc2)cc1. The summed E-state index contributed by atoms with van der Waals surface area (Å²) in [4.78, 5) is 4.21. The molecule has 0 radical (unpaired) electrons. The predicted octanol–water partition coefficient (Wildman–Crippen LogP) is 5.45. The van der Waals surface area contributed by atoms with E-state index in [1.807, 2.05) is 42.7 Å². The number of hydrogen-bond donors (Lipinski definition) is 0. The fourth-order valence-corrected chi connectivity index (χ4v) is 3.19. The standard InChI is InChI=1S/C20H12BrN3O/c21-19-13-24(20-12-23-10-9-18(19)20)15-3-7-17(8-4-15)25-16-5-1-14(11-22)2-6-16/h1-10,12-13H. The van der Waals surface area contributed by atoms with Crippen molar-refractivity contribution < 1.29 is 4.74 Å². The number of benzene rings is 2. The quantitative estimate of drug-likeness (QED) is 0.467. The van der Waals surface area contributed by atoms with E-state index in [9.17, 15) is 0 Å². The molecule has 4 aromatic rings. The third-order valence-corrected chi connectivity index (χ3v) is 4.53. The lowest BCUT2D eigenvalue weighted by Gasteiger charge is -2.08. The first-order valence-electron chi connectivity index (χ1n) is 7.63. The van der Waals surface area contributed by atoms with E-state index in [1.165, 1.54) is 0 Å². The van der Waals surface area contributed by atoms with Crippen LogP contribution in [-0.2, 0) is 0 Å². The molecule has 0 saturated carbocycles. The zero-order chi connectivity index (χ0) is 17.2. The van der Waals surface area contributed by atoms with Crippen molar-refractivity contribution in [2.75, 3.05) is 0 Å².